The molecule has 20 heavy (non-hydrogen) atoms. The van der Waals surface area contributed by atoms with Crippen molar-refractivity contribution in [3.63, 3.8) is 0 Å². The van der Waals surface area contributed by atoms with Crippen LogP contribution in [-0.2, 0) is 6.42 Å². The Morgan fingerprint density at radius 3 is 2.50 bits per heavy atom. The van der Waals surface area contributed by atoms with E-state index in [1.54, 1.807) is 0 Å². The van der Waals surface area contributed by atoms with Crippen molar-refractivity contribution in [1.29, 1.82) is 0 Å². The number of anilines is 1. The fourth-order valence-corrected chi connectivity index (χ4v) is 2.23. The summed E-state index contributed by atoms with van der Waals surface area (Å²) in [6.07, 6.45) is 2.10. The third kappa shape index (κ3) is 3.70. The number of benzene rings is 1. The lowest BCUT2D eigenvalue weighted by atomic mass is 10.1. The van der Waals surface area contributed by atoms with Crippen LogP contribution in [-0.4, -0.2) is 16.2 Å². The lowest BCUT2D eigenvalue weighted by molar-refractivity contribution is 0.699. The van der Waals surface area contributed by atoms with Crippen LogP contribution in [0.1, 0.15) is 30.0 Å². The summed E-state index contributed by atoms with van der Waals surface area (Å²) >= 11 is 5.96. The molecule has 0 saturated carbocycles. The molecule has 0 radical (unpaired) electrons. The molecule has 0 bridgehead atoms. The highest BCUT2D eigenvalue weighted by atomic mass is 35.5. The Bertz CT molecular complexity index is 569. The van der Waals surface area contributed by atoms with Gasteiger partial charge in [-0.1, -0.05) is 41.9 Å². The molecule has 1 heterocycles. The predicted octanol–water partition coefficient (Wildman–Crippen LogP) is 4.18. The quantitative estimate of drug-likeness (QED) is 0.897. The third-order valence-electron chi connectivity index (χ3n) is 3.56. The molecule has 0 spiro atoms. The molecule has 0 aliphatic rings. The molecule has 1 atom stereocenters. The molecular formula is C16H20ClN3. The van der Waals surface area contributed by atoms with E-state index in [4.69, 9.17) is 11.6 Å². The van der Waals surface area contributed by atoms with Gasteiger partial charge < -0.3 is 5.32 Å². The molecule has 0 aliphatic heterocycles. The van der Waals surface area contributed by atoms with Crippen LogP contribution < -0.4 is 5.32 Å². The number of hydrogen-bond donors (Lipinski definition) is 1. The monoisotopic (exact) mass is 289 g/mol. The normalized spacial score (nSPS) is 12.2. The second-order valence-electron chi connectivity index (χ2n) is 5.16. The van der Waals surface area contributed by atoms with Crippen LogP contribution in [0.15, 0.2) is 30.3 Å². The average Bonchev–Trinajstić information content (AvgIpc) is 2.47. The number of rotatable bonds is 5. The van der Waals surface area contributed by atoms with E-state index >= 15 is 0 Å². The summed E-state index contributed by atoms with van der Waals surface area (Å²) in [4.78, 5) is 0. The van der Waals surface area contributed by atoms with E-state index in [2.05, 4.69) is 46.7 Å². The number of nitrogens with one attached hydrogen (secondary N) is 1. The van der Waals surface area contributed by atoms with Gasteiger partial charge in [-0.2, -0.15) is 0 Å². The van der Waals surface area contributed by atoms with Gasteiger partial charge in [-0.25, -0.2) is 0 Å². The molecule has 0 amide bonds. The van der Waals surface area contributed by atoms with Gasteiger partial charge in [-0.3, -0.25) is 0 Å². The summed E-state index contributed by atoms with van der Waals surface area (Å²) in [5.74, 6) is 0.826. The van der Waals surface area contributed by atoms with E-state index < -0.39 is 0 Å². The summed E-state index contributed by atoms with van der Waals surface area (Å²) in [5.41, 5.74) is 3.41. The molecule has 0 saturated heterocycles. The first-order valence-electron chi connectivity index (χ1n) is 6.87. The van der Waals surface area contributed by atoms with Crippen molar-refractivity contribution in [2.75, 3.05) is 5.32 Å². The SMILES string of the molecule is Cc1c(Cl)nnc(NC(C)CCc2ccccc2)c1C. The van der Waals surface area contributed by atoms with Crippen molar-refractivity contribution in [3.05, 3.63) is 52.2 Å². The Labute approximate surface area is 125 Å². The first kappa shape index (κ1) is 14.8. The molecule has 106 valence electrons. The topological polar surface area (TPSA) is 37.8 Å². The van der Waals surface area contributed by atoms with Gasteiger partial charge >= 0.3 is 0 Å². The molecule has 4 heteroatoms. The maximum absolute atomic E-state index is 5.96. The molecule has 0 aliphatic carbocycles. The summed E-state index contributed by atoms with van der Waals surface area (Å²) < 4.78 is 0. The van der Waals surface area contributed by atoms with E-state index in [-0.39, 0.29) is 0 Å². The predicted molar refractivity (Wildman–Crippen MR) is 84.4 cm³/mol. The summed E-state index contributed by atoms with van der Waals surface area (Å²) in [7, 11) is 0. The smallest absolute Gasteiger partial charge is 0.155 e. The van der Waals surface area contributed by atoms with Crippen LogP contribution >= 0.6 is 11.6 Å². The van der Waals surface area contributed by atoms with Crippen LogP contribution in [0.3, 0.4) is 0 Å². The van der Waals surface area contributed by atoms with Gasteiger partial charge in [0.15, 0.2) is 11.0 Å². The van der Waals surface area contributed by atoms with Crippen molar-refractivity contribution in [2.45, 2.75) is 39.7 Å². The molecule has 1 aromatic carbocycles. The highest BCUT2D eigenvalue weighted by molar-refractivity contribution is 6.30. The number of aromatic nitrogens is 2. The molecule has 3 nitrogen and oxygen atoms in total. The Balaban J connectivity index is 1.95. The van der Waals surface area contributed by atoms with Crippen molar-refractivity contribution in [1.82, 2.24) is 10.2 Å². The summed E-state index contributed by atoms with van der Waals surface area (Å²) in [6.45, 7) is 6.14. The lowest BCUT2D eigenvalue weighted by Crippen LogP contribution is -2.18. The molecule has 1 N–H and O–H groups in total. The second-order valence-corrected chi connectivity index (χ2v) is 5.52. The van der Waals surface area contributed by atoms with Gasteiger partial charge in [0, 0.05) is 6.04 Å². The molecular weight excluding hydrogens is 270 g/mol. The summed E-state index contributed by atoms with van der Waals surface area (Å²) in [6, 6.07) is 10.8. The highest BCUT2D eigenvalue weighted by Gasteiger charge is 2.10. The van der Waals surface area contributed by atoms with E-state index in [1.165, 1.54) is 5.56 Å². The Hall–Kier alpha value is -1.61. The van der Waals surface area contributed by atoms with E-state index in [0.717, 1.165) is 29.8 Å². The van der Waals surface area contributed by atoms with E-state index in [0.29, 0.717) is 11.2 Å². The van der Waals surface area contributed by atoms with Crippen molar-refractivity contribution in [2.24, 2.45) is 0 Å². The molecule has 0 fully saturated rings. The largest absolute Gasteiger partial charge is 0.366 e. The fourth-order valence-electron chi connectivity index (χ4n) is 2.05. The van der Waals surface area contributed by atoms with Crippen LogP contribution in [0, 0.1) is 13.8 Å². The maximum atomic E-state index is 5.96. The zero-order chi connectivity index (χ0) is 14.5. The first-order valence-corrected chi connectivity index (χ1v) is 7.25. The van der Waals surface area contributed by atoms with E-state index in [9.17, 15) is 0 Å². The van der Waals surface area contributed by atoms with E-state index in [1.807, 2.05) is 19.9 Å². The highest BCUT2D eigenvalue weighted by Crippen LogP contribution is 2.21. The zero-order valence-electron chi connectivity index (χ0n) is 12.2. The van der Waals surface area contributed by atoms with Gasteiger partial charge in [-0.15, -0.1) is 10.2 Å². The number of halogens is 1. The van der Waals surface area contributed by atoms with Gasteiger partial charge in [0.05, 0.1) is 0 Å². The third-order valence-corrected chi connectivity index (χ3v) is 3.92. The van der Waals surface area contributed by atoms with Crippen LogP contribution in [0.25, 0.3) is 0 Å². The molecule has 2 rings (SSSR count). The van der Waals surface area contributed by atoms with Crippen LogP contribution in [0.5, 0.6) is 0 Å². The Kier molecular flexibility index (Phi) is 4.96. The van der Waals surface area contributed by atoms with Gasteiger partial charge in [0.1, 0.15) is 0 Å². The maximum Gasteiger partial charge on any atom is 0.155 e. The van der Waals surface area contributed by atoms with Gasteiger partial charge in [-0.05, 0) is 50.3 Å². The number of aryl methyl sites for hydroxylation is 1. The number of nitrogens with zero attached hydrogens (tertiary/aromatic N) is 2. The standard InChI is InChI=1S/C16H20ClN3/c1-11(9-10-14-7-5-4-6-8-14)18-16-13(3)12(2)15(17)19-20-16/h4-8,11H,9-10H2,1-3H3,(H,18,20). The van der Waals surface area contributed by atoms with Crippen LogP contribution in [0.2, 0.25) is 5.15 Å². The van der Waals surface area contributed by atoms with Gasteiger partial charge in [0.25, 0.3) is 0 Å². The molecule has 1 aromatic heterocycles. The molecule has 2 aromatic rings. The number of hydrogen-bond acceptors (Lipinski definition) is 3. The van der Waals surface area contributed by atoms with Crippen molar-refractivity contribution in [3.8, 4) is 0 Å². The fraction of sp³-hybridized carbons (Fsp3) is 0.375. The average molecular weight is 290 g/mol. The van der Waals surface area contributed by atoms with Crippen molar-refractivity contribution >= 4 is 17.4 Å². The van der Waals surface area contributed by atoms with Crippen molar-refractivity contribution < 1.29 is 0 Å². The van der Waals surface area contributed by atoms with Gasteiger partial charge in [0.2, 0.25) is 0 Å². The second kappa shape index (κ2) is 6.71. The minimum absolute atomic E-state index is 0.337. The zero-order valence-corrected chi connectivity index (χ0v) is 12.9. The summed E-state index contributed by atoms with van der Waals surface area (Å²) in [5, 5.41) is 12.0. The molecule has 1 unspecified atom stereocenters. The van der Waals surface area contributed by atoms with Crippen LogP contribution in [0.4, 0.5) is 5.82 Å². The first-order chi connectivity index (χ1) is 9.58. The Morgan fingerprint density at radius 2 is 1.80 bits per heavy atom. The minimum Gasteiger partial charge on any atom is -0.366 e. The lowest BCUT2D eigenvalue weighted by Gasteiger charge is -2.16. The Morgan fingerprint density at radius 1 is 1.10 bits per heavy atom. The minimum atomic E-state index is 0.337.